The number of amides is 1. The molecule has 4 rings (SSSR count). The van der Waals surface area contributed by atoms with Crippen LogP contribution in [0.15, 0.2) is 36.4 Å². The molecule has 2 saturated heterocycles. The summed E-state index contributed by atoms with van der Waals surface area (Å²) < 4.78 is 0. The summed E-state index contributed by atoms with van der Waals surface area (Å²) in [6, 6.07) is 9.75. The molecule has 2 aromatic rings. The fourth-order valence-corrected chi connectivity index (χ4v) is 4.44. The topological polar surface area (TPSA) is 89.9 Å². The van der Waals surface area contributed by atoms with Crippen molar-refractivity contribution in [3.63, 3.8) is 0 Å². The number of phenols is 1. The lowest BCUT2D eigenvalue weighted by molar-refractivity contribution is -0.141. The molecule has 2 aromatic carbocycles. The molecule has 136 valence electrons. The van der Waals surface area contributed by atoms with E-state index < -0.39 is 17.9 Å². The summed E-state index contributed by atoms with van der Waals surface area (Å²) in [6.07, 6.45) is 2.20. The first-order chi connectivity index (χ1) is 12.5. The molecule has 0 bridgehead atoms. The Morgan fingerprint density at radius 2 is 1.85 bits per heavy atom. The average Bonchev–Trinajstić information content (AvgIpc) is 3.01. The molecule has 6 nitrogen and oxygen atoms in total. The average molecular weight is 354 g/mol. The van der Waals surface area contributed by atoms with Gasteiger partial charge in [0, 0.05) is 6.54 Å². The van der Waals surface area contributed by atoms with Gasteiger partial charge in [0.15, 0.2) is 0 Å². The van der Waals surface area contributed by atoms with E-state index in [0.717, 1.165) is 31.3 Å². The summed E-state index contributed by atoms with van der Waals surface area (Å²) in [7, 11) is 0. The van der Waals surface area contributed by atoms with Crippen LogP contribution in [0.1, 0.15) is 29.6 Å². The van der Waals surface area contributed by atoms with Crippen LogP contribution in [0.5, 0.6) is 5.75 Å². The number of fused-ring (bicyclic) bond motifs is 1. The standard InChI is InChI=1S/C20H22N2O4/c23-16-6-5-13-3-1-2-4-14(13)17(16)18(24)22-12-20(7-9-21-10-8-20)11-15(22)19(25)26/h1-6,15,21,23H,7-12H2,(H,25,26)/t15-/m1/s1. The molecule has 6 heteroatoms. The lowest BCUT2D eigenvalue weighted by Crippen LogP contribution is -2.42. The van der Waals surface area contributed by atoms with Crippen LogP contribution in [0.3, 0.4) is 0 Å². The first-order valence-corrected chi connectivity index (χ1v) is 8.96. The largest absolute Gasteiger partial charge is 0.507 e. The minimum atomic E-state index is -0.978. The maximum Gasteiger partial charge on any atom is 0.326 e. The maximum absolute atomic E-state index is 13.3. The summed E-state index contributed by atoms with van der Waals surface area (Å²) in [6.45, 7) is 2.11. The monoisotopic (exact) mass is 354 g/mol. The molecule has 1 amide bonds. The SMILES string of the molecule is O=C(O)[C@H]1CC2(CCNCC2)CN1C(=O)c1c(O)ccc2ccccc12. The van der Waals surface area contributed by atoms with Crippen LogP contribution < -0.4 is 5.32 Å². The molecular weight excluding hydrogens is 332 g/mol. The van der Waals surface area contributed by atoms with E-state index in [2.05, 4.69) is 5.32 Å². The highest BCUT2D eigenvalue weighted by Crippen LogP contribution is 2.43. The van der Waals surface area contributed by atoms with E-state index in [1.54, 1.807) is 12.1 Å². The van der Waals surface area contributed by atoms with Crippen LogP contribution in [0.25, 0.3) is 10.8 Å². The number of nitrogens with one attached hydrogen (secondary N) is 1. The van der Waals surface area contributed by atoms with Gasteiger partial charge in [0.1, 0.15) is 11.8 Å². The summed E-state index contributed by atoms with van der Waals surface area (Å²) in [5.74, 6) is -1.49. The minimum Gasteiger partial charge on any atom is -0.507 e. The molecule has 1 spiro atoms. The fraction of sp³-hybridized carbons (Fsp3) is 0.400. The Morgan fingerprint density at radius 1 is 1.12 bits per heavy atom. The van der Waals surface area contributed by atoms with Crippen molar-refractivity contribution < 1.29 is 19.8 Å². The number of carbonyl (C=O) groups is 2. The van der Waals surface area contributed by atoms with Crippen molar-refractivity contribution >= 4 is 22.6 Å². The Labute approximate surface area is 151 Å². The van der Waals surface area contributed by atoms with Crippen LogP contribution in [-0.2, 0) is 4.79 Å². The Morgan fingerprint density at radius 3 is 2.58 bits per heavy atom. The number of likely N-dealkylation sites (tertiary alicyclic amines) is 1. The molecule has 2 aliphatic rings. The minimum absolute atomic E-state index is 0.107. The van der Waals surface area contributed by atoms with Gasteiger partial charge in [-0.25, -0.2) is 4.79 Å². The van der Waals surface area contributed by atoms with Crippen molar-refractivity contribution in [2.45, 2.75) is 25.3 Å². The zero-order valence-electron chi connectivity index (χ0n) is 14.4. The van der Waals surface area contributed by atoms with Crippen molar-refractivity contribution in [2.75, 3.05) is 19.6 Å². The number of hydrogen-bond donors (Lipinski definition) is 3. The first kappa shape index (κ1) is 16.8. The Hall–Kier alpha value is -2.60. The number of hydrogen-bond acceptors (Lipinski definition) is 4. The summed E-state index contributed by atoms with van der Waals surface area (Å²) in [5, 5.41) is 24.9. The number of carboxylic acid groups (broad SMARTS) is 1. The zero-order chi connectivity index (χ0) is 18.3. The number of phenolic OH excluding ortho intramolecular Hbond substituents is 1. The van der Waals surface area contributed by atoms with Gasteiger partial charge >= 0.3 is 5.97 Å². The number of nitrogens with zero attached hydrogens (tertiary/aromatic N) is 1. The second-order valence-electron chi connectivity index (χ2n) is 7.42. The molecule has 2 heterocycles. The highest BCUT2D eigenvalue weighted by molar-refractivity contribution is 6.10. The molecule has 0 unspecified atom stereocenters. The van der Waals surface area contributed by atoms with Gasteiger partial charge in [0.05, 0.1) is 5.56 Å². The summed E-state index contributed by atoms with van der Waals surface area (Å²) >= 11 is 0. The second kappa shape index (κ2) is 6.29. The van der Waals surface area contributed by atoms with E-state index >= 15 is 0 Å². The number of carbonyl (C=O) groups excluding carboxylic acids is 1. The predicted molar refractivity (Wildman–Crippen MR) is 97.2 cm³/mol. The van der Waals surface area contributed by atoms with E-state index in [-0.39, 0.29) is 16.7 Å². The van der Waals surface area contributed by atoms with Crippen LogP contribution in [0, 0.1) is 5.41 Å². The molecule has 0 saturated carbocycles. The lowest BCUT2D eigenvalue weighted by atomic mass is 9.77. The van der Waals surface area contributed by atoms with Gasteiger partial charge in [0.2, 0.25) is 0 Å². The number of piperidine rings is 1. The highest BCUT2D eigenvalue weighted by Gasteiger charge is 2.49. The van der Waals surface area contributed by atoms with Crippen molar-refractivity contribution in [3.05, 3.63) is 42.0 Å². The molecule has 26 heavy (non-hydrogen) atoms. The van der Waals surface area contributed by atoms with E-state index in [4.69, 9.17) is 0 Å². The fourth-order valence-electron chi connectivity index (χ4n) is 4.44. The van der Waals surface area contributed by atoms with E-state index in [1.807, 2.05) is 18.2 Å². The maximum atomic E-state index is 13.3. The van der Waals surface area contributed by atoms with Gasteiger partial charge in [0.25, 0.3) is 5.91 Å². The zero-order valence-corrected chi connectivity index (χ0v) is 14.4. The molecule has 1 atom stereocenters. The normalized spacial score (nSPS) is 22.0. The highest BCUT2D eigenvalue weighted by atomic mass is 16.4. The number of benzene rings is 2. The quantitative estimate of drug-likeness (QED) is 0.769. The third-order valence-corrected chi connectivity index (χ3v) is 5.84. The third kappa shape index (κ3) is 2.70. The van der Waals surface area contributed by atoms with Gasteiger partial charge < -0.3 is 20.4 Å². The smallest absolute Gasteiger partial charge is 0.326 e. The van der Waals surface area contributed by atoms with Gasteiger partial charge in [-0.2, -0.15) is 0 Å². The molecule has 2 aliphatic heterocycles. The molecule has 0 aliphatic carbocycles. The molecule has 0 radical (unpaired) electrons. The first-order valence-electron chi connectivity index (χ1n) is 8.96. The molecule has 0 aromatic heterocycles. The number of aromatic hydroxyl groups is 1. The van der Waals surface area contributed by atoms with Gasteiger partial charge in [-0.1, -0.05) is 30.3 Å². The van der Waals surface area contributed by atoms with Crippen molar-refractivity contribution in [2.24, 2.45) is 5.41 Å². The number of rotatable bonds is 2. The van der Waals surface area contributed by atoms with E-state index in [1.165, 1.54) is 11.0 Å². The Balaban J connectivity index is 1.75. The van der Waals surface area contributed by atoms with Gasteiger partial charge in [-0.15, -0.1) is 0 Å². The predicted octanol–water partition coefficient (Wildman–Crippen LogP) is 2.21. The van der Waals surface area contributed by atoms with Gasteiger partial charge in [-0.05, 0) is 54.6 Å². The van der Waals surface area contributed by atoms with Crippen molar-refractivity contribution in [1.29, 1.82) is 0 Å². The van der Waals surface area contributed by atoms with Gasteiger partial charge in [-0.3, -0.25) is 4.79 Å². The molecular formula is C20H22N2O4. The number of carboxylic acids is 1. The summed E-state index contributed by atoms with van der Waals surface area (Å²) in [4.78, 5) is 26.6. The van der Waals surface area contributed by atoms with Crippen LogP contribution >= 0.6 is 0 Å². The molecule has 2 fully saturated rings. The van der Waals surface area contributed by atoms with Crippen LogP contribution in [-0.4, -0.2) is 52.7 Å². The molecule has 3 N–H and O–H groups in total. The third-order valence-electron chi connectivity index (χ3n) is 5.84. The van der Waals surface area contributed by atoms with Crippen LogP contribution in [0.4, 0.5) is 0 Å². The lowest BCUT2D eigenvalue weighted by Gasteiger charge is -2.33. The van der Waals surface area contributed by atoms with Crippen molar-refractivity contribution in [1.82, 2.24) is 10.2 Å². The van der Waals surface area contributed by atoms with E-state index in [0.29, 0.717) is 18.4 Å². The van der Waals surface area contributed by atoms with E-state index in [9.17, 15) is 19.8 Å². The summed E-state index contributed by atoms with van der Waals surface area (Å²) in [5.41, 5.74) is 0.0461. The number of aliphatic carboxylic acids is 1. The Bertz CT molecular complexity index is 873. The second-order valence-corrected chi connectivity index (χ2v) is 7.42. The van der Waals surface area contributed by atoms with Crippen LogP contribution in [0.2, 0.25) is 0 Å². The van der Waals surface area contributed by atoms with Crippen molar-refractivity contribution in [3.8, 4) is 5.75 Å². The Kier molecular flexibility index (Phi) is 4.07.